The molecule has 0 bridgehead atoms. The Morgan fingerprint density at radius 2 is 1.31 bits per heavy atom. The smallest absolute Gasteiger partial charge is 0.305 e. The van der Waals surface area contributed by atoms with Crippen LogP contribution in [-0.2, 0) is 35.9 Å². The number of fused-ring (bicyclic) bond motifs is 4. The molecule has 0 radical (unpaired) electrons. The highest BCUT2D eigenvalue weighted by Crippen LogP contribution is 2.46. The molecule has 13 nitrogen and oxygen atoms in total. The molecule has 3 aliphatic rings. The van der Waals surface area contributed by atoms with E-state index in [9.17, 15) is 14.4 Å². The summed E-state index contributed by atoms with van der Waals surface area (Å²) in [5.74, 6) is 0.692. The summed E-state index contributed by atoms with van der Waals surface area (Å²) in [6, 6.07) is 49.5. The van der Waals surface area contributed by atoms with Crippen molar-refractivity contribution in [2.75, 3.05) is 32.8 Å². The molecule has 364 valence electrons. The Labute approximate surface area is 418 Å². The zero-order valence-electron chi connectivity index (χ0n) is 40.2. The summed E-state index contributed by atoms with van der Waals surface area (Å²) < 4.78 is 30.6. The molecule has 3 atom stereocenters. The Morgan fingerprint density at radius 3 is 1.96 bits per heavy atom. The predicted molar refractivity (Wildman–Crippen MR) is 274 cm³/mol. The third kappa shape index (κ3) is 9.99. The molecule has 1 aliphatic carbocycles. The fourth-order valence-electron chi connectivity index (χ4n) is 10.1. The summed E-state index contributed by atoms with van der Waals surface area (Å²) in [5, 5.41) is 5.83. The molecule has 1 saturated heterocycles. The van der Waals surface area contributed by atoms with E-state index in [1.807, 2.05) is 97.2 Å². The number of aromatic nitrogens is 2. The minimum atomic E-state index is -0.974. The van der Waals surface area contributed by atoms with Gasteiger partial charge in [0.15, 0.2) is 5.82 Å². The second-order valence-electron chi connectivity index (χ2n) is 18.1. The number of benzene rings is 6. The van der Waals surface area contributed by atoms with E-state index >= 15 is 0 Å². The quantitative estimate of drug-likeness (QED) is 0.0590. The van der Waals surface area contributed by atoms with E-state index in [0.717, 1.165) is 57.7 Å². The number of esters is 1. The first-order chi connectivity index (χ1) is 35.3. The highest BCUT2D eigenvalue weighted by Gasteiger charge is 2.42. The van der Waals surface area contributed by atoms with Gasteiger partial charge in [-0.05, 0) is 100 Å². The van der Waals surface area contributed by atoms with Gasteiger partial charge in [-0.3, -0.25) is 19.4 Å². The number of amides is 2. The first-order valence-corrected chi connectivity index (χ1v) is 24.3. The van der Waals surface area contributed by atoms with E-state index in [0.29, 0.717) is 35.8 Å². The maximum atomic E-state index is 13.5. The van der Waals surface area contributed by atoms with Crippen molar-refractivity contribution < 1.29 is 38.1 Å². The van der Waals surface area contributed by atoms with Gasteiger partial charge < -0.3 is 34.3 Å². The third-order valence-electron chi connectivity index (χ3n) is 13.8. The molecule has 1 aromatic heterocycles. The van der Waals surface area contributed by atoms with Crippen LogP contribution in [0.25, 0.3) is 11.1 Å². The Hall–Kier alpha value is -8.00. The van der Waals surface area contributed by atoms with Crippen molar-refractivity contribution in [3.8, 4) is 22.6 Å². The minimum Gasteiger partial charge on any atom is -0.497 e. The van der Waals surface area contributed by atoms with Gasteiger partial charge in [-0.25, -0.2) is 9.97 Å². The van der Waals surface area contributed by atoms with Crippen molar-refractivity contribution >= 4 is 35.5 Å². The zero-order valence-corrected chi connectivity index (χ0v) is 40.2. The zero-order chi connectivity index (χ0) is 49.4. The van der Waals surface area contributed by atoms with Crippen LogP contribution in [0.15, 0.2) is 163 Å². The molecule has 3 heterocycles. The number of nitrogens with one attached hydrogen (secondary N) is 2. The lowest BCUT2D eigenvalue weighted by Crippen LogP contribution is -2.36. The van der Waals surface area contributed by atoms with E-state index in [2.05, 4.69) is 57.0 Å². The number of hydrogen-bond acceptors (Lipinski definition) is 11. The number of hydrogen-bond donors (Lipinski definition) is 2. The average molecular weight is 962 g/mol. The summed E-state index contributed by atoms with van der Waals surface area (Å²) in [7, 11) is 3.31. The Balaban J connectivity index is 0.710. The van der Waals surface area contributed by atoms with Crippen molar-refractivity contribution in [1.29, 1.82) is 0 Å². The number of carbonyl (C=O) groups is 3. The molecule has 0 saturated carbocycles. The third-order valence-corrected chi connectivity index (χ3v) is 13.8. The van der Waals surface area contributed by atoms with E-state index in [1.54, 1.807) is 38.5 Å². The van der Waals surface area contributed by atoms with Crippen LogP contribution in [0.2, 0.25) is 0 Å². The summed E-state index contributed by atoms with van der Waals surface area (Å²) in [6.45, 7) is 0.841. The van der Waals surface area contributed by atoms with Crippen LogP contribution >= 0.6 is 0 Å². The Bertz CT molecular complexity index is 2980. The molecule has 6 aromatic carbocycles. The normalized spacial score (nSPS) is 16.6. The second kappa shape index (κ2) is 21.6. The van der Waals surface area contributed by atoms with E-state index in [-0.39, 0.29) is 67.8 Å². The van der Waals surface area contributed by atoms with Gasteiger partial charge in [0.2, 0.25) is 5.91 Å². The summed E-state index contributed by atoms with van der Waals surface area (Å²) in [6.07, 6.45) is 5.06. The number of carbonyl (C=O) groups excluding carboxylic acids is 3. The first kappa shape index (κ1) is 47.7. The molecular formula is C59H55N5O8. The summed E-state index contributed by atoms with van der Waals surface area (Å²) >= 11 is 0. The van der Waals surface area contributed by atoms with Crippen LogP contribution in [0.4, 0.5) is 11.5 Å². The van der Waals surface area contributed by atoms with Crippen molar-refractivity contribution in [3.05, 3.63) is 203 Å². The second-order valence-corrected chi connectivity index (χ2v) is 18.1. The summed E-state index contributed by atoms with van der Waals surface area (Å²) in [4.78, 5) is 52.6. The number of aliphatic imine (C=N–C) groups is 1. The lowest BCUT2D eigenvalue weighted by Gasteiger charge is -2.37. The van der Waals surface area contributed by atoms with Crippen LogP contribution < -0.4 is 20.1 Å². The SMILES string of the molecule is COc1ccc(C(OC[C@@H]2CCC(C3C=Nc4c(NC(=O)c5ccc(CNC(=O)CCCC(=O)OCC6c7ccccc7-c7ccccc76)cc5)ncnc43)O2)(c2ccccc2)c2ccc(OC)cc2)cc1. The highest BCUT2D eigenvalue weighted by atomic mass is 16.6. The molecule has 2 amide bonds. The van der Waals surface area contributed by atoms with Gasteiger partial charge in [0.25, 0.3) is 5.91 Å². The van der Waals surface area contributed by atoms with Crippen LogP contribution in [0.1, 0.15) is 93.4 Å². The fraction of sp³-hybridized carbons (Fsp3) is 0.254. The predicted octanol–water partition coefficient (Wildman–Crippen LogP) is 10.2. The van der Waals surface area contributed by atoms with Gasteiger partial charge in [-0.1, -0.05) is 115 Å². The van der Waals surface area contributed by atoms with Gasteiger partial charge in [0.05, 0.1) is 44.6 Å². The van der Waals surface area contributed by atoms with Crippen LogP contribution in [0, 0.1) is 0 Å². The lowest BCUT2D eigenvalue weighted by molar-refractivity contribution is -0.144. The number of ether oxygens (including phenoxy) is 5. The van der Waals surface area contributed by atoms with Crippen LogP contribution in [-0.4, -0.2) is 73.6 Å². The van der Waals surface area contributed by atoms with Crippen molar-refractivity contribution in [2.24, 2.45) is 4.99 Å². The fourth-order valence-corrected chi connectivity index (χ4v) is 10.1. The first-order valence-electron chi connectivity index (χ1n) is 24.3. The number of rotatable bonds is 19. The molecule has 7 aromatic rings. The lowest BCUT2D eigenvalue weighted by atomic mass is 9.80. The van der Waals surface area contributed by atoms with Gasteiger partial charge in [0.1, 0.15) is 35.7 Å². The maximum Gasteiger partial charge on any atom is 0.305 e. The monoisotopic (exact) mass is 961 g/mol. The van der Waals surface area contributed by atoms with Crippen LogP contribution in [0.3, 0.4) is 0 Å². The summed E-state index contributed by atoms with van der Waals surface area (Å²) in [5.41, 5.74) is 8.95. The number of anilines is 1. The van der Waals surface area contributed by atoms with E-state index in [1.165, 1.54) is 17.5 Å². The van der Waals surface area contributed by atoms with E-state index < -0.39 is 5.60 Å². The Kier molecular flexibility index (Phi) is 14.3. The maximum absolute atomic E-state index is 13.5. The Morgan fingerprint density at radius 1 is 0.681 bits per heavy atom. The van der Waals surface area contributed by atoms with Crippen molar-refractivity contribution in [1.82, 2.24) is 15.3 Å². The van der Waals surface area contributed by atoms with Gasteiger partial charge in [0, 0.05) is 37.1 Å². The van der Waals surface area contributed by atoms with Gasteiger partial charge >= 0.3 is 5.97 Å². The molecule has 72 heavy (non-hydrogen) atoms. The van der Waals surface area contributed by atoms with E-state index in [4.69, 9.17) is 28.7 Å². The molecule has 10 rings (SSSR count). The topological polar surface area (TPSA) is 160 Å². The molecule has 1 fully saturated rings. The highest BCUT2D eigenvalue weighted by molar-refractivity contribution is 6.05. The van der Waals surface area contributed by atoms with Crippen LogP contribution in [0.5, 0.6) is 11.5 Å². The molecule has 2 N–H and O–H groups in total. The number of nitrogens with zero attached hydrogens (tertiary/aromatic N) is 3. The molecule has 13 heteroatoms. The van der Waals surface area contributed by atoms with Gasteiger partial charge in [-0.15, -0.1) is 0 Å². The van der Waals surface area contributed by atoms with Gasteiger partial charge in [-0.2, -0.15) is 0 Å². The van der Waals surface area contributed by atoms with Crippen molar-refractivity contribution in [3.63, 3.8) is 0 Å². The largest absolute Gasteiger partial charge is 0.497 e. The molecule has 2 aliphatic heterocycles. The average Bonchev–Trinajstić information content (AvgIpc) is 4.17. The number of methoxy groups -OCH3 is 2. The molecular weight excluding hydrogens is 907 g/mol. The standard InChI is InChI=1S/C59H55N5O8/c1-68-43-27-23-41(24-28-43)59(40-11-4-3-5-12-40,42-25-29-44(69-2)30-26-42)71-35-45-31-32-52(72-45)50-34-61-56-55(50)62-37-63-57(56)64-58(67)39-21-19-38(20-22-39)33-60-53(65)17-10-18-54(66)70-36-51-48-15-8-6-13-46(48)47-14-7-9-16-49(47)51/h3-9,11-16,19-30,34,37,45,50-52H,10,17-18,31-33,35-36H2,1-2H3,(H,60,65)(H,62,63,64,67)/t45-,50?,52?/m0/s1. The van der Waals surface area contributed by atoms with Crippen molar-refractivity contribution in [2.45, 2.75) is 68.3 Å². The minimum absolute atomic E-state index is 0.00901. The molecule has 0 spiro atoms. The molecule has 2 unspecified atom stereocenters.